The van der Waals surface area contributed by atoms with Crippen LogP contribution in [0.2, 0.25) is 0 Å². The van der Waals surface area contributed by atoms with Gasteiger partial charge in [-0.1, -0.05) is 30.3 Å². The summed E-state index contributed by atoms with van der Waals surface area (Å²) < 4.78 is 11.3. The summed E-state index contributed by atoms with van der Waals surface area (Å²) in [5.41, 5.74) is 2.97. The lowest BCUT2D eigenvalue weighted by molar-refractivity contribution is 0.0954. The van der Waals surface area contributed by atoms with Crippen molar-refractivity contribution in [1.82, 2.24) is 9.97 Å². The second kappa shape index (κ2) is 6.86. The molecule has 5 rings (SSSR count). The van der Waals surface area contributed by atoms with Crippen molar-refractivity contribution in [2.45, 2.75) is 6.61 Å². The van der Waals surface area contributed by atoms with Crippen molar-refractivity contribution in [3.63, 3.8) is 0 Å². The number of hydrogen-bond donors (Lipinski definition) is 0. The zero-order valence-corrected chi connectivity index (χ0v) is 16.3. The molecule has 0 aliphatic carbocycles. The number of anilines is 2. The second-order valence-corrected chi connectivity index (χ2v) is 7.08. The SMILES string of the molecule is COCc1c(C(=O)N2CCN(C)c3nc4ccccc4nc32)oc2ccccc12. The molecule has 29 heavy (non-hydrogen) atoms. The molecule has 0 fully saturated rings. The zero-order valence-electron chi connectivity index (χ0n) is 16.3. The molecule has 4 aromatic rings. The molecule has 7 heteroatoms. The normalized spacial score (nSPS) is 13.9. The Kier molecular flexibility index (Phi) is 4.17. The number of benzene rings is 2. The molecule has 2 aromatic heterocycles. The summed E-state index contributed by atoms with van der Waals surface area (Å²) in [5, 5.41) is 0.886. The Hall–Kier alpha value is -3.45. The van der Waals surface area contributed by atoms with Crippen LogP contribution in [0.25, 0.3) is 22.0 Å². The lowest BCUT2D eigenvalue weighted by atomic mass is 10.1. The Morgan fingerprint density at radius 2 is 1.72 bits per heavy atom. The van der Waals surface area contributed by atoms with Gasteiger partial charge in [-0.25, -0.2) is 9.97 Å². The molecule has 1 amide bonds. The summed E-state index contributed by atoms with van der Waals surface area (Å²) in [7, 11) is 3.57. The van der Waals surface area contributed by atoms with Gasteiger partial charge < -0.3 is 14.1 Å². The summed E-state index contributed by atoms with van der Waals surface area (Å²) in [4.78, 5) is 26.7. The number of methoxy groups -OCH3 is 1. The first-order valence-electron chi connectivity index (χ1n) is 9.46. The van der Waals surface area contributed by atoms with E-state index in [2.05, 4.69) is 0 Å². The number of fused-ring (bicyclic) bond motifs is 3. The molecule has 3 heterocycles. The average Bonchev–Trinajstić information content (AvgIpc) is 3.11. The van der Waals surface area contributed by atoms with Gasteiger partial charge in [0, 0.05) is 38.2 Å². The fourth-order valence-electron chi connectivity index (χ4n) is 3.76. The van der Waals surface area contributed by atoms with E-state index in [0.717, 1.165) is 22.0 Å². The minimum Gasteiger partial charge on any atom is -0.450 e. The molecule has 0 spiro atoms. The fourth-order valence-corrected chi connectivity index (χ4v) is 3.76. The second-order valence-electron chi connectivity index (χ2n) is 7.08. The van der Waals surface area contributed by atoms with E-state index in [1.54, 1.807) is 12.0 Å². The monoisotopic (exact) mass is 388 g/mol. The van der Waals surface area contributed by atoms with Crippen LogP contribution in [0.5, 0.6) is 0 Å². The average molecular weight is 388 g/mol. The largest absolute Gasteiger partial charge is 0.450 e. The van der Waals surface area contributed by atoms with Gasteiger partial charge in [0.1, 0.15) is 5.58 Å². The molecule has 7 nitrogen and oxygen atoms in total. The van der Waals surface area contributed by atoms with Crippen LogP contribution in [0.1, 0.15) is 16.1 Å². The van der Waals surface area contributed by atoms with Crippen molar-refractivity contribution in [2.75, 3.05) is 37.0 Å². The van der Waals surface area contributed by atoms with Gasteiger partial charge in [-0.05, 0) is 18.2 Å². The molecule has 0 unspecified atom stereocenters. The third kappa shape index (κ3) is 2.82. The smallest absolute Gasteiger partial charge is 0.295 e. The molecule has 0 N–H and O–H groups in total. The lowest BCUT2D eigenvalue weighted by Crippen LogP contribution is -2.44. The number of nitrogens with zero attached hydrogens (tertiary/aromatic N) is 4. The summed E-state index contributed by atoms with van der Waals surface area (Å²) in [6.45, 7) is 1.45. The van der Waals surface area contributed by atoms with Crippen LogP contribution in [-0.2, 0) is 11.3 Å². The van der Waals surface area contributed by atoms with E-state index in [4.69, 9.17) is 19.1 Å². The van der Waals surface area contributed by atoms with Crippen molar-refractivity contribution in [1.29, 1.82) is 0 Å². The van der Waals surface area contributed by atoms with Crippen LogP contribution in [0.3, 0.4) is 0 Å². The Balaban J connectivity index is 1.65. The molecular formula is C22H20N4O3. The number of furan rings is 1. The molecule has 1 aliphatic heterocycles. The maximum Gasteiger partial charge on any atom is 0.295 e. The third-order valence-corrected chi connectivity index (χ3v) is 5.24. The van der Waals surface area contributed by atoms with E-state index in [0.29, 0.717) is 42.7 Å². The number of likely N-dealkylation sites (N-methyl/N-ethyl adjacent to an activating group) is 1. The first-order chi connectivity index (χ1) is 14.2. The highest BCUT2D eigenvalue weighted by Gasteiger charge is 2.32. The Bertz CT molecular complexity index is 1230. The summed E-state index contributed by atoms with van der Waals surface area (Å²) in [6, 6.07) is 15.3. The zero-order chi connectivity index (χ0) is 20.0. The standard InChI is InChI=1S/C22H20N4O3/c1-25-11-12-26(21-20(25)23-16-8-4-5-9-17(16)24-21)22(27)19-15(13-28-2)14-7-3-6-10-18(14)29-19/h3-10H,11-13H2,1-2H3. The number of hydrogen-bond acceptors (Lipinski definition) is 6. The highest BCUT2D eigenvalue weighted by Crippen LogP contribution is 2.34. The maximum absolute atomic E-state index is 13.6. The Morgan fingerprint density at radius 3 is 2.48 bits per heavy atom. The topological polar surface area (TPSA) is 71.7 Å². The Morgan fingerprint density at radius 1 is 1.03 bits per heavy atom. The molecule has 0 saturated carbocycles. The van der Waals surface area contributed by atoms with Crippen LogP contribution in [-0.4, -0.2) is 43.1 Å². The van der Waals surface area contributed by atoms with Gasteiger partial charge in [0.25, 0.3) is 5.91 Å². The molecular weight excluding hydrogens is 368 g/mol. The highest BCUT2D eigenvalue weighted by molar-refractivity contribution is 6.09. The number of para-hydroxylation sites is 3. The van der Waals surface area contributed by atoms with Gasteiger partial charge in [0.15, 0.2) is 17.4 Å². The Labute approximate surface area is 167 Å². The van der Waals surface area contributed by atoms with Crippen LogP contribution in [0.15, 0.2) is 52.9 Å². The van der Waals surface area contributed by atoms with Crippen molar-refractivity contribution in [3.05, 3.63) is 59.9 Å². The van der Waals surface area contributed by atoms with E-state index in [1.807, 2.05) is 60.5 Å². The van der Waals surface area contributed by atoms with Gasteiger partial charge >= 0.3 is 0 Å². The van der Waals surface area contributed by atoms with Crippen LogP contribution < -0.4 is 9.80 Å². The molecule has 0 saturated heterocycles. The number of amides is 1. The maximum atomic E-state index is 13.6. The van der Waals surface area contributed by atoms with Crippen molar-refractivity contribution in [2.24, 2.45) is 0 Å². The van der Waals surface area contributed by atoms with Gasteiger partial charge in [0.2, 0.25) is 0 Å². The lowest BCUT2D eigenvalue weighted by Gasteiger charge is -2.33. The highest BCUT2D eigenvalue weighted by atomic mass is 16.5. The third-order valence-electron chi connectivity index (χ3n) is 5.24. The molecule has 1 aliphatic rings. The van der Waals surface area contributed by atoms with Crippen molar-refractivity contribution >= 4 is 39.5 Å². The first kappa shape index (κ1) is 17.6. The van der Waals surface area contributed by atoms with Gasteiger partial charge in [-0.15, -0.1) is 0 Å². The van der Waals surface area contributed by atoms with Gasteiger partial charge in [-0.2, -0.15) is 0 Å². The van der Waals surface area contributed by atoms with Crippen LogP contribution in [0.4, 0.5) is 11.6 Å². The number of carbonyl (C=O) groups excluding carboxylic acids is 1. The quantitative estimate of drug-likeness (QED) is 0.534. The summed E-state index contributed by atoms with van der Waals surface area (Å²) in [6.07, 6.45) is 0. The summed E-state index contributed by atoms with van der Waals surface area (Å²) in [5.74, 6) is 1.30. The van der Waals surface area contributed by atoms with E-state index < -0.39 is 0 Å². The number of aromatic nitrogens is 2. The summed E-state index contributed by atoms with van der Waals surface area (Å²) >= 11 is 0. The number of ether oxygens (including phenoxy) is 1. The molecule has 0 bridgehead atoms. The van der Waals surface area contributed by atoms with Crippen LogP contribution >= 0.6 is 0 Å². The predicted molar refractivity (Wildman–Crippen MR) is 111 cm³/mol. The van der Waals surface area contributed by atoms with Crippen molar-refractivity contribution < 1.29 is 13.9 Å². The first-order valence-corrected chi connectivity index (χ1v) is 9.46. The van der Waals surface area contributed by atoms with E-state index in [1.165, 1.54) is 0 Å². The minimum atomic E-state index is -0.229. The number of carbonyl (C=O) groups is 1. The van der Waals surface area contributed by atoms with Gasteiger partial charge in [0.05, 0.1) is 17.6 Å². The minimum absolute atomic E-state index is 0.229. The predicted octanol–water partition coefficient (Wildman–Crippen LogP) is 3.62. The fraction of sp³-hybridized carbons (Fsp3) is 0.227. The molecule has 0 radical (unpaired) electrons. The van der Waals surface area contributed by atoms with E-state index in [-0.39, 0.29) is 5.91 Å². The van der Waals surface area contributed by atoms with Crippen molar-refractivity contribution in [3.8, 4) is 0 Å². The van der Waals surface area contributed by atoms with Gasteiger partial charge in [-0.3, -0.25) is 9.69 Å². The number of rotatable bonds is 3. The molecule has 0 atom stereocenters. The molecule has 146 valence electrons. The van der Waals surface area contributed by atoms with Crippen LogP contribution in [0, 0.1) is 0 Å². The molecule has 2 aromatic carbocycles. The van der Waals surface area contributed by atoms with E-state index >= 15 is 0 Å². The van der Waals surface area contributed by atoms with E-state index in [9.17, 15) is 4.79 Å².